The molecule has 106 valence electrons. The van der Waals surface area contributed by atoms with E-state index >= 15 is 0 Å². The number of aromatic nitrogens is 1. The third-order valence-electron chi connectivity index (χ3n) is 4.23. The lowest BCUT2D eigenvalue weighted by atomic mass is 10.1. The fraction of sp³-hybridized carbons (Fsp3) is 0.438. The maximum absolute atomic E-state index is 6.14. The van der Waals surface area contributed by atoms with Gasteiger partial charge < -0.3 is 10.6 Å². The number of piperazine rings is 1. The fourth-order valence-electron chi connectivity index (χ4n) is 2.84. The molecule has 4 nitrogen and oxygen atoms in total. The van der Waals surface area contributed by atoms with Gasteiger partial charge in [-0.3, -0.25) is 9.88 Å². The largest absolute Gasteiger partial charge is 0.398 e. The minimum absolute atomic E-state index is 0.599. The molecule has 0 aliphatic carbocycles. The van der Waals surface area contributed by atoms with E-state index in [1.54, 1.807) is 0 Å². The molecule has 1 aromatic heterocycles. The van der Waals surface area contributed by atoms with Gasteiger partial charge in [0.1, 0.15) is 0 Å². The summed E-state index contributed by atoms with van der Waals surface area (Å²) in [5.74, 6) is 0. The van der Waals surface area contributed by atoms with Crippen molar-refractivity contribution in [2.75, 3.05) is 32.4 Å². The van der Waals surface area contributed by atoms with Crippen LogP contribution in [0.4, 0.5) is 5.69 Å². The number of nitrogens with two attached hydrogens (primary N) is 1. The lowest BCUT2D eigenvalue weighted by molar-refractivity contribution is 0.0991. The molecule has 2 heterocycles. The molecule has 1 unspecified atom stereocenters. The predicted molar refractivity (Wildman–Crippen MR) is 83.5 cm³/mol. The standard InChI is InChI=1S/C16H22N4/c1-12-10-20(8-7-19(12)2)11-13-9-15(17)14-5-3-4-6-16(14)18-13/h3-6,9,12H,7-8,10-11H2,1-2H3,(H2,17,18). The topological polar surface area (TPSA) is 45.4 Å². The van der Waals surface area contributed by atoms with Gasteiger partial charge in [-0.05, 0) is 26.1 Å². The average Bonchev–Trinajstić information content (AvgIpc) is 2.43. The number of hydrogen-bond donors (Lipinski definition) is 1. The van der Waals surface area contributed by atoms with E-state index in [1.165, 1.54) is 0 Å². The number of pyridine rings is 1. The first kappa shape index (κ1) is 13.3. The number of para-hydroxylation sites is 1. The van der Waals surface area contributed by atoms with Gasteiger partial charge in [0.2, 0.25) is 0 Å². The molecule has 20 heavy (non-hydrogen) atoms. The molecular weight excluding hydrogens is 248 g/mol. The van der Waals surface area contributed by atoms with Crippen LogP contribution in [0.1, 0.15) is 12.6 Å². The van der Waals surface area contributed by atoms with Crippen molar-refractivity contribution >= 4 is 16.6 Å². The number of fused-ring (bicyclic) bond motifs is 1. The van der Waals surface area contributed by atoms with Gasteiger partial charge in [0.25, 0.3) is 0 Å². The van der Waals surface area contributed by atoms with Gasteiger partial charge in [-0.1, -0.05) is 18.2 Å². The van der Waals surface area contributed by atoms with Crippen molar-refractivity contribution in [3.8, 4) is 0 Å². The zero-order valence-corrected chi connectivity index (χ0v) is 12.2. The number of anilines is 1. The maximum Gasteiger partial charge on any atom is 0.0726 e. The average molecular weight is 270 g/mol. The van der Waals surface area contributed by atoms with Crippen LogP contribution >= 0.6 is 0 Å². The van der Waals surface area contributed by atoms with Crippen LogP contribution in [0.2, 0.25) is 0 Å². The van der Waals surface area contributed by atoms with Gasteiger partial charge in [0.15, 0.2) is 0 Å². The normalized spacial score (nSPS) is 21.4. The van der Waals surface area contributed by atoms with E-state index < -0.39 is 0 Å². The van der Waals surface area contributed by atoms with Crippen LogP contribution in [0.25, 0.3) is 10.9 Å². The van der Waals surface area contributed by atoms with Gasteiger partial charge in [-0.15, -0.1) is 0 Å². The molecule has 2 aromatic rings. The number of likely N-dealkylation sites (N-methyl/N-ethyl adjacent to an activating group) is 1. The van der Waals surface area contributed by atoms with E-state index in [-0.39, 0.29) is 0 Å². The molecule has 1 saturated heterocycles. The van der Waals surface area contributed by atoms with Crippen LogP contribution in [-0.4, -0.2) is 47.5 Å². The SMILES string of the molecule is CC1CN(Cc2cc(N)c3ccccc3n2)CCN1C. The fourth-order valence-corrected chi connectivity index (χ4v) is 2.84. The third kappa shape index (κ3) is 2.62. The summed E-state index contributed by atoms with van der Waals surface area (Å²) in [6.45, 7) is 6.45. The quantitative estimate of drug-likeness (QED) is 0.906. The number of hydrogen-bond acceptors (Lipinski definition) is 4. The van der Waals surface area contributed by atoms with Crippen LogP contribution in [-0.2, 0) is 6.54 Å². The van der Waals surface area contributed by atoms with Crippen molar-refractivity contribution in [1.82, 2.24) is 14.8 Å². The van der Waals surface area contributed by atoms with Crippen LogP contribution in [0.15, 0.2) is 30.3 Å². The Morgan fingerprint density at radius 3 is 2.90 bits per heavy atom. The first-order chi connectivity index (χ1) is 9.63. The van der Waals surface area contributed by atoms with E-state index in [1.807, 2.05) is 30.3 Å². The maximum atomic E-state index is 6.14. The summed E-state index contributed by atoms with van der Waals surface area (Å²) in [6, 6.07) is 10.7. The van der Waals surface area contributed by atoms with Crippen molar-refractivity contribution in [3.63, 3.8) is 0 Å². The van der Waals surface area contributed by atoms with Crippen LogP contribution < -0.4 is 5.73 Å². The Balaban J connectivity index is 1.81. The molecular formula is C16H22N4. The molecule has 3 rings (SSSR count). The number of rotatable bonds is 2. The van der Waals surface area contributed by atoms with Crippen molar-refractivity contribution in [2.45, 2.75) is 19.5 Å². The Kier molecular flexibility index (Phi) is 3.59. The number of benzene rings is 1. The van der Waals surface area contributed by atoms with E-state index in [4.69, 9.17) is 10.7 Å². The summed E-state index contributed by atoms with van der Waals surface area (Å²) >= 11 is 0. The van der Waals surface area contributed by atoms with Crippen molar-refractivity contribution < 1.29 is 0 Å². The highest BCUT2D eigenvalue weighted by molar-refractivity contribution is 5.90. The molecule has 1 aliphatic heterocycles. The molecule has 2 N–H and O–H groups in total. The summed E-state index contributed by atoms with van der Waals surface area (Å²) in [7, 11) is 2.19. The molecule has 0 spiro atoms. The Morgan fingerprint density at radius 2 is 2.10 bits per heavy atom. The molecule has 1 atom stereocenters. The van der Waals surface area contributed by atoms with Gasteiger partial charge in [0, 0.05) is 43.3 Å². The van der Waals surface area contributed by atoms with Crippen molar-refractivity contribution in [3.05, 3.63) is 36.0 Å². The highest BCUT2D eigenvalue weighted by Gasteiger charge is 2.21. The second-order valence-corrected chi connectivity index (χ2v) is 5.78. The summed E-state index contributed by atoms with van der Waals surface area (Å²) in [5, 5.41) is 1.04. The summed E-state index contributed by atoms with van der Waals surface area (Å²) in [5.41, 5.74) is 9.03. The zero-order chi connectivity index (χ0) is 14.1. The number of nitrogens with zero attached hydrogens (tertiary/aromatic N) is 3. The van der Waals surface area contributed by atoms with Crippen molar-refractivity contribution in [1.29, 1.82) is 0 Å². The van der Waals surface area contributed by atoms with Crippen molar-refractivity contribution in [2.24, 2.45) is 0 Å². The molecule has 4 heteroatoms. The Morgan fingerprint density at radius 1 is 1.30 bits per heavy atom. The van der Waals surface area contributed by atoms with Crippen LogP contribution in [0.3, 0.4) is 0 Å². The lowest BCUT2D eigenvalue weighted by Crippen LogP contribution is -2.49. The number of nitrogen functional groups attached to an aromatic ring is 1. The molecule has 1 aliphatic rings. The Bertz CT molecular complexity index is 610. The van der Waals surface area contributed by atoms with E-state index in [0.717, 1.165) is 48.5 Å². The monoisotopic (exact) mass is 270 g/mol. The molecule has 0 saturated carbocycles. The molecule has 0 amide bonds. The summed E-state index contributed by atoms with van der Waals surface area (Å²) < 4.78 is 0. The van der Waals surface area contributed by atoms with Gasteiger partial charge in [0.05, 0.1) is 11.2 Å². The molecule has 1 aromatic carbocycles. The van der Waals surface area contributed by atoms with Gasteiger partial charge >= 0.3 is 0 Å². The van der Waals surface area contributed by atoms with E-state index in [9.17, 15) is 0 Å². The lowest BCUT2D eigenvalue weighted by Gasteiger charge is -2.37. The molecule has 1 fully saturated rings. The Labute approximate surface area is 120 Å². The third-order valence-corrected chi connectivity index (χ3v) is 4.23. The van der Waals surface area contributed by atoms with Crippen LogP contribution in [0.5, 0.6) is 0 Å². The van der Waals surface area contributed by atoms with E-state index in [2.05, 4.69) is 23.8 Å². The smallest absolute Gasteiger partial charge is 0.0726 e. The van der Waals surface area contributed by atoms with Gasteiger partial charge in [-0.2, -0.15) is 0 Å². The first-order valence-corrected chi connectivity index (χ1v) is 7.20. The summed E-state index contributed by atoms with van der Waals surface area (Å²) in [6.07, 6.45) is 0. The van der Waals surface area contributed by atoms with Gasteiger partial charge in [-0.25, -0.2) is 0 Å². The Hall–Kier alpha value is -1.65. The first-order valence-electron chi connectivity index (χ1n) is 7.20. The molecule has 0 bridgehead atoms. The minimum Gasteiger partial charge on any atom is -0.398 e. The minimum atomic E-state index is 0.599. The highest BCUT2D eigenvalue weighted by atomic mass is 15.3. The second kappa shape index (κ2) is 5.38. The van der Waals surface area contributed by atoms with E-state index in [0.29, 0.717) is 6.04 Å². The molecule has 0 radical (unpaired) electrons. The highest BCUT2D eigenvalue weighted by Crippen LogP contribution is 2.21. The predicted octanol–water partition coefficient (Wildman–Crippen LogP) is 1.95. The summed E-state index contributed by atoms with van der Waals surface area (Å²) in [4.78, 5) is 9.60. The van der Waals surface area contributed by atoms with Crippen LogP contribution in [0, 0.1) is 0 Å². The zero-order valence-electron chi connectivity index (χ0n) is 12.2. The second-order valence-electron chi connectivity index (χ2n) is 5.78.